The molecule has 2 nitrogen and oxygen atoms in total. The fourth-order valence-corrected chi connectivity index (χ4v) is 0.424. The minimum atomic E-state index is 0. The number of aromatic nitrogens is 2. The number of rotatable bonds is 1. The molecule has 0 bridgehead atoms. The van der Waals surface area contributed by atoms with E-state index in [0.29, 0.717) is 0 Å². The number of aromatic amines is 1. The van der Waals surface area contributed by atoms with Crippen LogP contribution in [0.5, 0.6) is 0 Å². The van der Waals surface area contributed by atoms with E-state index in [-0.39, 0.29) is 1.43 Å². The Morgan fingerprint density at radius 2 is 2.86 bits per heavy atom. The number of nitrogens with zero attached hydrogens (tertiary/aromatic N) is 1. The summed E-state index contributed by atoms with van der Waals surface area (Å²) in [5.41, 5.74) is 1.08. The first kappa shape index (κ1) is 4.37. The van der Waals surface area contributed by atoms with Crippen LogP contribution in [0.4, 0.5) is 0 Å². The Bertz CT molecular complexity index is 125. The molecule has 0 aliphatic carbocycles. The molecule has 0 unspecified atom stereocenters. The molecule has 0 atom stereocenters. The Labute approximate surface area is 44.0 Å². The largest absolute Gasteiger partial charge is 1.00 e. The number of hydrogen-bond acceptors (Lipinski definition) is 1. The average Bonchev–Trinajstić information content (AvgIpc) is 2.14. The normalized spacial score (nSPS) is 9.29. The third kappa shape index (κ3) is 0.796. The fraction of sp³-hybridized carbons (Fsp3) is 0.200. The van der Waals surface area contributed by atoms with Crippen molar-refractivity contribution in [3.8, 4) is 0 Å². The summed E-state index contributed by atoms with van der Waals surface area (Å²) in [6.45, 7) is 3.66. The zero-order valence-electron chi connectivity index (χ0n) is 5.02. The third-order valence-corrected chi connectivity index (χ3v) is 0.828. The highest BCUT2D eigenvalue weighted by Gasteiger charge is 1.82. The van der Waals surface area contributed by atoms with Gasteiger partial charge < -0.3 is 0 Å². The van der Waals surface area contributed by atoms with Crippen LogP contribution in [0.15, 0.2) is 12.3 Å². The first-order valence-corrected chi connectivity index (χ1v) is 2.21. The molecule has 37 valence electrons. The average molecular weight is 96.1 g/mol. The molecule has 7 heavy (non-hydrogen) atoms. The summed E-state index contributed by atoms with van der Waals surface area (Å²) in [7, 11) is 0. The molecule has 1 aromatic heterocycles. The minimum absolute atomic E-state index is 0. The second-order valence-electron chi connectivity index (χ2n) is 1.33. The molecule has 0 saturated heterocycles. The molecule has 0 aliphatic heterocycles. The summed E-state index contributed by atoms with van der Waals surface area (Å²) in [5.74, 6) is 0. The maximum atomic E-state index is 3.73. The van der Waals surface area contributed by atoms with Crippen molar-refractivity contribution in [2.24, 2.45) is 0 Å². The molecule has 0 saturated carbocycles. The molecule has 1 heterocycles. The fourth-order valence-electron chi connectivity index (χ4n) is 0.424. The smallest absolute Gasteiger partial charge is 0.283 e. The quantitative estimate of drug-likeness (QED) is 0.552. The van der Waals surface area contributed by atoms with Gasteiger partial charge in [0.1, 0.15) is 0 Å². The molecule has 1 N–H and O–H groups in total. The molecule has 0 amide bonds. The number of H-pyrrole nitrogens is 1. The zero-order valence-corrected chi connectivity index (χ0v) is 4.02. The number of hydrogen-bond donors (Lipinski definition) is 1. The van der Waals surface area contributed by atoms with Gasteiger partial charge in [-0.3, -0.25) is 5.10 Å². The monoisotopic (exact) mass is 96.1 g/mol. The van der Waals surface area contributed by atoms with Gasteiger partial charge in [0.05, 0.1) is 0 Å². The van der Waals surface area contributed by atoms with Crippen molar-refractivity contribution in [3.63, 3.8) is 0 Å². The summed E-state index contributed by atoms with van der Waals surface area (Å²) in [6, 6.07) is 1.91. The summed E-state index contributed by atoms with van der Waals surface area (Å²) >= 11 is 0. The molecule has 0 aliphatic rings. The van der Waals surface area contributed by atoms with E-state index in [9.17, 15) is 0 Å². The Morgan fingerprint density at radius 3 is 3.14 bits per heavy atom. The van der Waals surface area contributed by atoms with Gasteiger partial charge in [-0.2, -0.15) is 5.10 Å². The maximum absolute atomic E-state index is 3.73. The van der Waals surface area contributed by atoms with Crippen molar-refractivity contribution >= 4 is 0 Å². The Kier molecular flexibility index (Phi) is 1.11. The van der Waals surface area contributed by atoms with Crippen LogP contribution in [-0.4, -0.2) is 10.2 Å². The van der Waals surface area contributed by atoms with Gasteiger partial charge >= 0.3 is 1.43 Å². The molecular formula is C5H8N2+. The van der Waals surface area contributed by atoms with Crippen LogP contribution in [0.1, 0.15) is 7.12 Å². The molecule has 1 aromatic rings. The highest BCUT2D eigenvalue weighted by atomic mass is 15.1. The highest BCUT2D eigenvalue weighted by Crippen LogP contribution is 1.88. The van der Waals surface area contributed by atoms with Gasteiger partial charge in [0, 0.05) is 11.9 Å². The van der Waals surface area contributed by atoms with Crippen LogP contribution in [-0.2, 0) is 6.42 Å². The molecule has 1 rings (SSSR count). The molecular weight excluding hydrogens is 88.1 g/mol. The van der Waals surface area contributed by atoms with Gasteiger partial charge in [-0.15, -0.1) is 0 Å². The van der Waals surface area contributed by atoms with Crippen molar-refractivity contribution in [1.82, 2.24) is 10.2 Å². The lowest BCUT2D eigenvalue weighted by Crippen LogP contribution is -1.76. The predicted octanol–water partition coefficient (Wildman–Crippen LogP) is 0.899. The zero-order chi connectivity index (χ0) is 5.11. The molecule has 2 heteroatoms. The summed E-state index contributed by atoms with van der Waals surface area (Å²) in [6.07, 6.45) is 2.51. The second kappa shape index (κ2) is 1.78. The van der Waals surface area contributed by atoms with Gasteiger partial charge in [0.25, 0.3) is 0 Å². The molecule has 0 aromatic carbocycles. The van der Waals surface area contributed by atoms with Crippen molar-refractivity contribution in [3.05, 3.63) is 24.9 Å². The molecule has 0 spiro atoms. The standard InChI is InChI=1S/C5H7N2/c1-2-5-3-4-6-7-5/h3-4H,1-2H2,(H,6,7)/p+1. The SMILES string of the molecule is [CH2]Cc1ccn[nH]1.[H+]. The van der Waals surface area contributed by atoms with Gasteiger partial charge in [0.2, 0.25) is 0 Å². The maximum Gasteiger partial charge on any atom is 1.00 e. The van der Waals surface area contributed by atoms with Gasteiger partial charge in [-0.05, 0) is 19.4 Å². The van der Waals surface area contributed by atoms with E-state index < -0.39 is 0 Å². The first-order valence-electron chi connectivity index (χ1n) is 2.21. The summed E-state index contributed by atoms with van der Waals surface area (Å²) in [5, 5.41) is 6.50. The van der Waals surface area contributed by atoms with Crippen LogP contribution in [0.2, 0.25) is 0 Å². The lowest BCUT2D eigenvalue weighted by atomic mass is 10.4. The summed E-state index contributed by atoms with van der Waals surface area (Å²) in [4.78, 5) is 0. The van der Waals surface area contributed by atoms with E-state index in [1.54, 1.807) is 6.20 Å². The van der Waals surface area contributed by atoms with Gasteiger partial charge in [-0.25, -0.2) is 0 Å². The Morgan fingerprint density at radius 1 is 2.00 bits per heavy atom. The molecule has 1 radical (unpaired) electrons. The lowest BCUT2D eigenvalue weighted by molar-refractivity contribution is 1.01. The summed E-state index contributed by atoms with van der Waals surface area (Å²) < 4.78 is 0. The second-order valence-corrected chi connectivity index (χ2v) is 1.33. The van der Waals surface area contributed by atoms with Crippen LogP contribution in [0, 0.1) is 6.92 Å². The highest BCUT2D eigenvalue weighted by molar-refractivity contribution is 4.97. The lowest BCUT2D eigenvalue weighted by Gasteiger charge is -1.79. The van der Waals surface area contributed by atoms with E-state index in [0.717, 1.165) is 12.1 Å². The van der Waals surface area contributed by atoms with Crippen molar-refractivity contribution in [2.45, 2.75) is 6.42 Å². The Hall–Kier alpha value is -0.790. The van der Waals surface area contributed by atoms with Crippen molar-refractivity contribution in [1.29, 1.82) is 0 Å². The van der Waals surface area contributed by atoms with Crippen molar-refractivity contribution < 1.29 is 1.43 Å². The molecule has 0 fully saturated rings. The van der Waals surface area contributed by atoms with Gasteiger partial charge in [-0.1, -0.05) is 0 Å². The van der Waals surface area contributed by atoms with E-state index in [1.807, 2.05) is 6.07 Å². The van der Waals surface area contributed by atoms with Crippen LogP contribution >= 0.6 is 0 Å². The van der Waals surface area contributed by atoms with Crippen LogP contribution in [0.3, 0.4) is 0 Å². The van der Waals surface area contributed by atoms with E-state index in [2.05, 4.69) is 17.1 Å². The van der Waals surface area contributed by atoms with Gasteiger partial charge in [0.15, 0.2) is 0 Å². The van der Waals surface area contributed by atoms with E-state index >= 15 is 0 Å². The van der Waals surface area contributed by atoms with Crippen molar-refractivity contribution in [2.75, 3.05) is 0 Å². The Balaban J connectivity index is 0.000000490. The van der Waals surface area contributed by atoms with E-state index in [1.165, 1.54) is 0 Å². The van der Waals surface area contributed by atoms with Crippen LogP contribution < -0.4 is 0 Å². The topological polar surface area (TPSA) is 28.7 Å². The predicted molar refractivity (Wildman–Crippen MR) is 28.8 cm³/mol. The first-order chi connectivity index (χ1) is 3.43. The minimum Gasteiger partial charge on any atom is -0.283 e. The number of nitrogens with one attached hydrogen (secondary N) is 1. The van der Waals surface area contributed by atoms with Crippen LogP contribution in [0.25, 0.3) is 0 Å². The van der Waals surface area contributed by atoms with E-state index in [4.69, 9.17) is 0 Å². The third-order valence-electron chi connectivity index (χ3n) is 0.828.